The first-order chi connectivity index (χ1) is 10.8. The molecule has 1 fully saturated rings. The maximum atomic E-state index is 12.1. The fraction of sp³-hybridized carbons (Fsp3) is 0.688. The Kier molecular flexibility index (Phi) is 5.28. The number of hydrogen-bond acceptors (Lipinski definition) is 6. The fourth-order valence-electron chi connectivity index (χ4n) is 2.53. The van der Waals surface area contributed by atoms with Crippen LogP contribution in [-0.4, -0.2) is 59.9 Å². The van der Waals surface area contributed by atoms with Crippen LogP contribution in [0.25, 0.3) is 0 Å². The number of nitrogens with zero attached hydrogens (tertiary/aromatic N) is 4. The predicted octanol–water partition coefficient (Wildman–Crippen LogP) is 2.32. The number of aromatic nitrogens is 2. The first-order valence-corrected chi connectivity index (χ1v) is 7.88. The number of carbonyl (C=O) groups is 1. The van der Waals surface area contributed by atoms with Crippen LogP contribution in [0.1, 0.15) is 33.6 Å². The molecule has 1 saturated heterocycles. The van der Waals surface area contributed by atoms with E-state index in [2.05, 4.69) is 14.9 Å². The fourth-order valence-corrected chi connectivity index (χ4v) is 2.53. The van der Waals surface area contributed by atoms with Crippen molar-refractivity contribution in [3.05, 3.63) is 12.3 Å². The van der Waals surface area contributed by atoms with Crippen LogP contribution in [0.5, 0.6) is 5.88 Å². The summed E-state index contributed by atoms with van der Waals surface area (Å²) in [5.74, 6) is 1.23. The quantitative estimate of drug-likeness (QED) is 0.851. The van der Waals surface area contributed by atoms with Crippen LogP contribution in [0, 0.1) is 0 Å². The molecule has 1 aromatic rings. The molecule has 7 heteroatoms. The molecule has 2 heterocycles. The van der Waals surface area contributed by atoms with Crippen LogP contribution in [0.3, 0.4) is 0 Å². The van der Waals surface area contributed by atoms with Gasteiger partial charge in [-0.15, -0.1) is 0 Å². The molecular weight excluding hydrogens is 296 g/mol. The molecule has 0 radical (unpaired) electrons. The Morgan fingerprint density at radius 3 is 2.57 bits per heavy atom. The van der Waals surface area contributed by atoms with Crippen LogP contribution < -0.4 is 9.64 Å². The lowest BCUT2D eigenvalue weighted by molar-refractivity contribution is 0.0200. The summed E-state index contributed by atoms with van der Waals surface area (Å²) in [6.45, 7) is 7.22. The number of amides is 1. The van der Waals surface area contributed by atoms with Crippen LogP contribution in [-0.2, 0) is 4.74 Å². The van der Waals surface area contributed by atoms with Crippen molar-refractivity contribution in [1.82, 2.24) is 14.9 Å². The highest BCUT2D eigenvalue weighted by atomic mass is 16.6. The van der Waals surface area contributed by atoms with Gasteiger partial charge in [0.25, 0.3) is 0 Å². The molecule has 7 nitrogen and oxygen atoms in total. The van der Waals surface area contributed by atoms with Crippen LogP contribution >= 0.6 is 0 Å². The molecule has 128 valence electrons. The van der Waals surface area contributed by atoms with Gasteiger partial charge in [-0.05, 0) is 33.6 Å². The van der Waals surface area contributed by atoms with Crippen LogP contribution in [0.4, 0.5) is 10.7 Å². The predicted molar refractivity (Wildman–Crippen MR) is 87.8 cm³/mol. The summed E-state index contributed by atoms with van der Waals surface area (Å²) in [6, 6.07) is 1.90. The smallest absolute Gasteiger partial charge is 0.410 e. The third-order valence-corrected chi connectivity index (χ3v) is 3.80. The van der Waals surface area contributed by atoms with Crippen molar-refractivity contribution >= 4 is 12.0 Å². The molecule has 1 aliphatic heterocycles. The molecule has 1 aromatic heterocycles. The van der Waals surface area contributed by atoms with E-state index in [1.54, 1.807) is 31.3 Å². The average molecular weight is 322 g/mol. The van der Waals surface area contributed by atoms with Crippen molar-refractivity contribution in [2.24, 2.45) is 0 Å². The van der Waals surface area contributed by atoms with Gasteiger partial charge >= 0.3 is 6.09 Å². The van der Waals surface area contributed by atoms with E-state index in [1.165, 1.54) is 0 Å². The van der Waals surface area contributed by atoms with E-state index in [9.17, 15) is 4.79 Å². The third-order valence-electron chi connectivity index (χ3n) is 3.80. The van der Waals surface area contributed by atoms with Crippen LogP contribution in [0.15, 0.2) is 12.3 Å². The zero-order chi connectivity index (χ0) is 17.0. The Labute approximate surface area is 137 Å². The van der Waals surface area contributed by atoms with Crippen molar-refractivity contribution in [2.45, 2.75) is 45.3 Å². The maximum Gasteiger partial charge on any atom is 0.410 e. The minimum atomic E-state index is -0.472. The highest BCUT2D eigenvalue weighted by Gasteiger charge is 2.29. The second kappa shape index (κ2) is 7.02. The number of piperidine rings is 1. The minimum absolute atomic E-state index is 0.173. The highest BCUT2D eigenvalue weighted by Crippen LogP contribution is 2.21. The molecule has 0 atom stereocenters. The Hall–Kier alpha value is -2.05. The van der Waals surface area contributed by atoms with E-state index in [0.29, 0.717) is 11.8 Å². The maximum absolute atomic E-state index is 12.1. The molecule has 0 saturated carbocycles. The molecule has 23 heavy (non-hydrogen) atoms. The standard InChI is InChI=1S/C16H26N4O3/c1-16(2,3)23-15(21)19(4)12-7-10-20(11-8-12)14-17-9-6-13(18-14)22-5/h6,9,12H,7-8,10-11H2,1-5H3. The summed E-state index contributed by atoms with van der Waals surface area (Å²) in [5, 5.41) is 0. The molecule has 0 aliphatic carbocycles. The number of anilines is 1. The van der Waals surface area contributed by atoms with E-state index >= 15 is 0 Å². The van der Waals surface area contributed by atoms with E-state index in [-0.39, 0.29) is 12.1 Å². The zero-order valence-electron chi connectivity index (χ0n) is 14.6. The lowest BCUT2D eigenvalue weighted by Crippen LogP contribution is -2.47. The lowest BCUT2D eigenvalue weighted by Gasteiger charge is -2.37. The van der Waals surface area contributed by atoms with Gasteiger partial charge in [-0.2, -0.15) is 4.98 Å². The molecule has 0 bridgehead atoms. The summed E-state index contributed by atoms with van der Waals surface area (Å²) < 4.78 is 10.6. The minimum Gasteiger partial charge on any atom is -0.481 e. The Morgan fingerprint density at radius 2 is 2.00 bits per heavy atom. The second-order valence-electron chi connectivity index (χ2n) is 6.71. The van der Waals surface area contributed by atoms with Gasteiger partial charge in [0.1, 0.15) is 5.60 Å². The second-order valence-corrected chi connectivity index (χ2v) is 6.71. The van der Waals surface area contributed by atoms with Crippen molar-refractivity contribution in [3.8, 4) is 5.88 Å². The summed E-state index contributed by atoms with van der Waals surface area (Å²) in [4.78, 5) is 24.6. The van der Waals surface area contributed by atoms with Gasteiger partial charge in [0.2, 0.25) is 11.8 Å². The van der Waals surface area contributed by atoms with Crippen molar-refractivity contribution < 1.29 is 14.3 Å². The normalized spacial score (nSPS) is 16.1. The molecule has 0 aromatic carbocycles. The topological polar surface area (TPSA) is 67.8 Å². The summed E-state index contributed by atoms with van der Waals surface area (Å²) >= 11 is 0. The first-order valence-electron chi connectivity index (χ1n) is 7.88. The molecule has 0 spiro atoms. The Balaban J connectivity index is 1.91. The van der Waals surface area contributed by atoms with E-state index < -0.39 is 5.60 Å². The molecule has 0 N–H and O–H groups in total. The van der Waals surface area contributed by atoms with Gasteiger partial charge < -0.3 is 19.3 Å². The van der Waals surface area contributed by atoms with E-state index in [0.717, 1.165) is 25.9 Å². The average Bonchev–Trinajstić information content (AvgIpc) is 2.53. The van der Waals surface area contributed by atoms with Gasteiger partial charge in [0, 0.05) is 38.4 Å². The van der Waals surface area contributed by atoms with Crippen molar-refractivity contribution in [3.63, 3.8) is 0 Å². The number of methoxy groups -OCH3 is 1. The SMILES string of the molecule is COc1ccnc(N2CCC(N(C)C(=O)OC(C)(C)C)CC2)n1. The molecule has 0 unspecified atom stereocenters. The largest absolute Gasteiger partial charge is 0.481 e. The van der Waals surface area contributed by atoms with Gasteiger partial charge in [0.15, 0.2) is 0 Å². The van der Waals surface area contributed by atoms with Crippen molar-refractivity contribution in [1.29, 1.82) is 0 Å². The van der Waals surface area contributed by atoms with Gasteiger partial charge in [0.05, 0.1) is 7.11 Å². The van der Waals surface area contributed by atoms with Gasteiger partial charge in [-0.1, -0.05) is 0 Å². The summed E-state index contributed by atoms with van der Waals surface area (Å²) in [7, 11) is 3.39. The summed E-state index contributed by atoms with van der Waals surface area (Å²) in [5.41, 5.74) is -0.472. The number of carbonyl (C=O) groups excluding carboxylic acids is 1. The van der Waals surface area contributed by atoms with Crippen molar-refractivity contribution in [2.75, 3.05) is 32.1 Å². The number of hydrogen-bond donors (Lipinski definition) is 0. The summed E-state index contributed by atoms with van der Waals surface area (Å²) in [6.07, 6.45) is 3.14. The van der Waals surface area contributed by atoms with E-state index in [1.807, 2.05) is 20.8 Å². The third kappa shape index (κ3) is 4.71. The lowest BCUT2D eigenvalue weighted by atomic mass is 10.0. The van der Waals surface area contributed by atoms with E-state index in [4.69, 9.17) is 9.47 Å². The highest BCUT2D eigenvalue weighted by molar-refractivity contribution is 5.68. The zero-order valence-corrected chi connectivity index (χ0v) is 14.6. The molecular formula is C16H26N4O3. The Bertz CT molecular complexity index is 536. The Morgan fingerprint density at radius 1 is 1.35 bits per heavy atom. The van der Waals surface area contributed by atoms with Crippen LogP contribution in [0.2, 0.25) is 0 Å². The molecule has 1 aliphatic rings. The first kappa shape index (κ1) is 17.3. The van der Waals surface area contributed by atoms with Gasteiger partial charge in [-0.25, -0.2) is 9.78 Å². The number of ether oxygens (including phenoxy) is 2. The molecule has 2 rings (SSSR count). The molecule has 1 amide bonds. The van der Waals surface area contributed by atoms with Gasteiger partial charge in [-0.3, -0.25) is 0 Å². The monoisotopic (exact) mass is 322 g/mol. The number of rotatable bonds is 3.